The summed E-state index contributed by atoms with van der Waals surface area (Å²) in [5.41, 5.74) is 3.11. The van der Waals surface area contributed by atoms with Crippen LogP contribution in [0.25, 0.3) is 0 Å². The third-order valence-electron chi connectivity index (χ3n) is 6.48. The molecule has 2 aromatic carbocycles. The molecular formula is C26H26Cl2N4O2S. The Bertz CT molecular complexity index is 1210. The Hall–Kier alpha value is -2.48. The number of nitrogens with one attached hydrogen (secondary N) is 1. The Morgan fingerprint density at radius 2 is 1.66 bits per heavy atom. The molecule has 1 N–H and O–H groups in total. The van der Waals surface area contributed by atoms with E-state index in [-0.39, 0.29) is 29.8 Å². The fourth-order valence-corrected chi connectivity index (χ4v) is 6.37. The Kier molecular flexibility index (Phi) is 6.84. The molecule has 9 heteroatoms. The van der Waals surface area contributed by atoms with Crippen LogP contribution >= 0.6 is 35.0 Å². The highest BCUT2D eigenvalue weighted by atomic mass is 35.5. The van der Waals surface area contributed by atoms with Crippen LogP contribution in [0.4, 0.5) is 0 Å². The highest BCUT2D eigenvalue weighted by Gasteiger charge is 2.47. The second kappa shape index (κ2) is 9.88. The number of hydrogen-bond donors (Lipinski definition) is 1. The van der Waals surface area contributed by atoms with Gasteiger partial charge in [0, 0.05) is 41.8 Å². The quantitative estimate of drug-likeness (QED) is 0.576. The van der Waals surface area contributed by atoms with Crippen LogP contribution in [0.2, 0.25) is 10.0 Å². The molecule has 1 fully saturated rings. The molecule has 0 bridgehead atoms. The third kappa shape index (κ3) is 4.69. The summed E-state index contributed by atoms with van der Waals surface area (Å²) >= 11 is 13.8. The van der Waals surface area contributed by atoms with E-state index in [0.29, 0.717) is 41.0 Å². The number of aliphatic imine (C=N–C) groups is 1. The number of carbonyl (C=O) groups excluding carboxylic acids is 2. The van der Waals surface area contributed by atoms with Gasteiger partial charge in [-0.25, -0.2) is 0 Å². The molecule has 6 nitrogen and oxygen atoms in total. The summed E-state index contributed by atoms with van der Waals surface area (Å²) in [5.74, 6) is 0.0425. The van der Waals surface area contributed by atoms with Gasteiger partial charge in [0.1, 0.15) is 10.9 Å². The molecule has 35 heavy (non-hydrogen) atoms. The minimum atomic E-state index is -0.152. The first-order valence-corrected chi connectivity index (χ1v) is 13.3. The van der Waals surface area contributed by atoms with Gasteiger partial charge in [-0.3, -0.25) is 14.6 Å². The Labute approximate surface area is 219 Å². The lowest BCUT2D eigenvalue weighted by Crippen LogP contribution is -2.35. The zero-order chi connectivity index (χ0) is 24.7. The summed E-state index contributed by atoms with van der Waals surface area (Å²) in [5, 5.41) is 5.02. The van der Waals surface area contributed by atoms with Gasteiger partial charge in [0.25, 0.3) is 5.91 Å². The van der Waals surface area contributed by atoms with Crippen molar-refractivity contribution in [3.05, 3.63) is 80.3 Å². The zero-order valence-electron chi connectivity index (χ0n) is 19.5. The second-order valence-corrected chi connectivity index (χ2v) is 11.0. The molecular weight excluding hydrogens is 503 g/mol. The molecule has 2 amide bonds. The van der Waals surface area contributed by atoms with Crippen LogP contribution in [0, 0.1) is 5.92 Å². The minimum Gasteiger partial charge on any atom is -0.354 e. The van der Waals surface area contributed by atoms with Crippen molar-refractivity contribution in [3.63, 3.8) is 0 Å². The van der Waals surface area contributed by atoms with Crippen LogP contribution in [0.15, 0.2) is 64.1 Å². The van der Waals surface area contributed by atoms with E-state index in [4.69, 9.17) is 28.2 Å². The number of amides is 2. The van der Waals surface area contributed by atoms with Crippen molar-refractivity contribution in [2.75, 3.05) is 19.6 Å². The average Bonchev–Trinajstić information content (AvgIpc) is 3.29. The number of nitrogens with zero attached hydrogens (tertiary/aromatic N) is 3. The van der Waals surface area contributed by atoms with Gasteiger partial charge < -0.3 is 15.1 Å². The molecule has 0 saturated carbocycles. The lowest BCUT2D eigenvalue weighted by molar-refractivity contribution is -0.126. The third-order valence-corrected chi connectivity index (χ3v) is 8.06. The summed E-state index contributed by atoms with van der Waals surface area (Å²) in [6.45, 7) is 5.60. The summed E-state index contributed by atoms with van der Waals surface area (Å²) in [6, 6.07) is 15.4. The predicted molar refractivity (Wildman–Crippen MR) is 141 cm³/mol. The maximum atomic E-state index is 13.7. The van der Waals surface area contributed by atoms with E-state index in [1.165, 1.54) is 11.8 Å². The van der Waals surface area contributed by atoms with E-state index in [2.05, 4.69) is 24.1 Å². The van der Waals surface area contributed by atoms with E-state index in [1.54, 1.807) is 4.90 Å². The first kappa shape index (κ1) is 24.2. The number of allylic oxidation sites excluding steroid dienone is 1. The smallest absolute Gasteiger partial charge is 0.262 e. The average molecular weight is 529 g/mol. The number of halogens is 2. The molecule has 3 heterocycles. The molecule has 0 radical (unpaired) electrons. The van der Waals surface area contributed by atoms with Gasteiger partial charge in [0.05, 0.1) is 6.04 Å². The zero-order valence-corrected chi connectivity index (χ0v) is 21.8. The van der Waals surface area contributed by atoms with Gasteiger partial charge in [-0.2, -0.15) is 0 Å². The second-order valence-electron chi connectivity index (χ2n) is 9.14. The lowest BCUT2D eigenvalue weighted by atomic mass is 9.92. The van der Waals surface area contributed by atoms with Crippen molar-refractivity contribution in [3.8, 4) is 0 Å². The highest BCUT2D eigenvalue weighted by Crippen LogP contribution is 2.53. The normalized spacial score (nSPS) is 22.3. The number of rotatable bonds is 4. The highest BCUT2D eigenvalue weighted by molar-refractivity contribution is 8.18. The first-order chi connectivity index (χ1) is 16.8. The molecule has 2 aromatic rings. The van der Waals surface area contributed by atoms with Gasteiger partial charge in [-0.15, -0.1) is 0 Å². The van der Waals surface area contributed by atoms with E-state index in [9.17, 15) is 9.59 Å². The van der Waals surface area contributed by atoms with Crippen molar-refractivity contribution >= 4 is 51.9 Å². The molecule has 0 spiro atoms. The van der Waals surface area contributed by atoms with Crippen molar-refractivity contribution < 1.29 is 9.59 Å². The van der Waals surface area contributed by atoms with E-state index < -0.39 is 0 Å². The maximum absolute atomic E-state index is 13.7. The Morgan fingerprint density at radius 1 is 1.03 bits per heavy atom. The Balaban J connectivity index is 1.56. The topological polar surface area (TPSA) is 65.0 Å². The predicted octanol–water partition coefficient (Wildman–Crippen LogP) is 5.41. The number of fused-ring (bicyclic) bond motifs is 1. The van der Waals surface area contributed by atoms with Crippen LogP contribution < -0.4 is 5.32 Å². The van der Waals surface area contributed by atoms with Crippen molar-refractivity contribution in [1.29, 1.82) is 0 Å². The van der Waals surface area contributed by atoms with Crippen molar-refractivity contribution in [1.82, 2.24) is 15.1 Å². The van der Waals surface area contributed by atoms with Crippen LogP contribution in [-0.2, 0) is 9.59 Å². The van der Waals surface area contributed by atoms with E-state index in [0.717, 1.165) is 22.0 Å². The van der Waals surface area contributed by atoms with Gasteiger partial charge in [-0.05, 0) is 53.1 Å². The van der Waals surface area contributed by atoms with Crippen LogP contribution in [-0.4, -0.2) is 46.4 Å². The summed E-state index contributed by atoms with van der Waals surface area (Å²) in [4.78, 5) is 35.3. The minimum absolute atomic E-state index is 0.0176. The number of amidine groups is 1. The fourth-order valence-electron chi connectivity index (χ4n) is 4.81. The SMILES string of the molecule is CC(C)C1=C(C(=O)N2CCNC(=O)CC2)SC2=NC(c3ccc(Cl)cc3)C(c3ccc(Cl)cc3)N21. The molecule has 1 saturated heterocycles. The van der Waals surface area contributed by atoms with Gasteiger partial charge in [-0.1, -0.05) is 61.3 Å². The molecule has 5 rings (SSSR count). The van der Waals surface area contributed by atoms with Crippen molar-refractivity contribution in [2.24, 2.45) is 10.9 Å². The van der Waals surface area contributed by atoms with Crippen LogP contribution in [0.3, 0.4) is 0 Å². The number of thioether (sulfide) groups is 1. The van der Waals surface area contributed by atoms with E-state index >= 15 is 0 Å². The molecule has 182 valence electrons. The lowest BCUT2D eigenvalue weighted by Gasteiger charge is -2.32. The molecule has 3 aliphatic heterocycles. The van der Waals surface area contributed by atoms with Crippen LogP contribution in [0.5, 0.6) is 0 Å². The monoisotopic (exact) mass is 528 g/mol. The summed E-state index contributed by atoms with van der Waals surface area (Å²) < 4.78 is 0. The number of hydrogen-bond acceptors (Lipinski definition) is 5. The number of carbonyl (C=O) groups is 2. The van der Waals surface area contributed by atoms with Crippen molar-refractivity contribution in [2.45, 2.75) is 32.4 Å². The molecule has 0 aliphatic carbocycles. The van der Waals surface area contributed by atoms with Crippen LogP contribution in [0.1, 0.15) is 43.5 Å². The van der Waals surface area contributed by atoms with Gasteiger partial charge in [0.15, 0.2) is 5.17 Å². The first-order valence-electron chi connectivity index (χ1n) is 11.7. The molecule has 3 aliphatic rings. The molecule has 2 atom stereocenters. The molecule has 2 unspecified atom stereocenters. The Morgan fingerprint density at radius 3 is 2.29 bits per heavy atom. The summed E-state index contributed by atoms with van der Waals surface area (Å²) in [7, 11) is 0. The standard InChI is InChI=1S/C26H26Cl2N4O2S/c1-15(2)22-24(25(34)31-13-11-20(33)29-12-14-31)35-26-30-21(16-3-7-18(27)8-4-16)23(32(22)26)17-5-9-19(28)10-6-17/h3-10,15,21,23H,11-14H2,1-2H3,(H,29,33). The fraction of sp³-hybridized carbons (Fsp3) is 0.346. The summed E-state index contributed by atoms with van der Waals surface area (Å²) in [6.07, 6.45) is 0.317. The largest absolute Gasteiger partial charge is 0.354 e. The maximum Gasteiger partial charge on any atom is 0.262 e. The van der Waals surface area contributed by atoms with E-state index in [1.807, 2.05) is 48.5 Å². The molecule has 0 aromatic heterocycles. The number of benzene rings is 2. The van der Waals surface area contributed by atoms with Gasteiger partial charge >= 0.3 is 0 Å². The van der Waals surface area contributed by atoms with Gasteiger partial charge in [0.2, 0.25) is 5.91 Å².